The van der Waals surface area contributed by atoms with Gasteiger partial charge in [-0.3, -0.25) is 0 Å². The first-order chi connectivity index (χ1) is 11.9. The van der Waals surface area contributed by atoms with E-state index in [2.05, 4.69) is 0 Å². The van der Waals surface area contributed by atoms with E-state index in [1.165, 1.54) is 4.90 Å². The number of aliphatic hydroxyl groups is 1. The number of hydrogen-bond donors (Lipinski definition) is 1. The number of piperidine rings is 1. The van der Waals surface area contributed by atoms with Crippen molar-refractivity contribution in [3.8, 4) is 0 Å². The molecule has 2 aliphatic heterocycles. The Morgan fingerprint density at radius 3 is 2.44 bits per heavy atom. The number of amides is 1. The third kappa shape index (κ3) is 4.08. The summed E-state index contributed by atoms with van der Waals surface area (Å²) in [6, 6.07) is 8.21. The van der Waals surface area contributed by atoms with Crippen LogP contribution in [0.2, 0.25) is 0 Å². The molecule has 2 fully saturated rings. The second-order valence-electron chi connectivity index (χ2n) is 6.87. The maximum atomic E-state index is 13.2. The summed E-state index contributed by atoms with van der Waals surface area (Å²) in [4.78, 5) is 14.0. The van der Waals surface area contributed by atoms with Crippen molar-refractivity contribution in [3.63, 3.8) is 0 Å². The molecule has 25 heavy (non-hydrogen) atoms. The largest absolute Gasteiger partial charge is 0.445 e. The van der Waals surface area contributed by atoms with Gasteiger partial charge in [0.2, 0.25) is 0 Å². The van der Waals surface area contributed by atoms with Gasteiger partial charge in [0.05, 0.1) is 12.0 Å². The van der Waals surface area contributed by atoms with E-state index in [4.69, 9.17) is 4.74 Å². The summed E-state index contributed by atoms with van der Waals surface area (Å²) in [5, 5.41) is 10.0. The standard InChI is InChI=1S/C18H22F3NO3/c19-18(20,21)15-9-13-7-4-8-14(10-16(15)23)22(13)17(24)25-11-12-5-2-1-3-6-12/h1-3,5-6,13-16,23H,4,7-11H2. The van der Waals surface area contributed by atoms with E-state index >= 15 is 0 Å². The van der Waals surface area contributed by atoms with Crippen molar-refractivity contribution in [2.24, 2.45) is 5.92 Å². The fraction of sp³-hybridized carbons (Fsp3) is 0.611. The van der Waals surface area contributed by atoms with Gasteiger partial charge in [0.25, 0.3) is 0 Å². The number of fused-ring (bicyclic) bond motifs is 2. The highest BCUT2D eigenvalue weighted by molar-refractivity contribution is 5.68. The van der Waals surface area contributed by atoms with Crippen LogP contribution in [-0.4, -0.2) is 40.5 Å². The molecule has 4 atom stereocenters. The third-order valence-corrected chi connectivity index (χ3v) is 5.20. The molecule has 0 spiro atoms. The molecule has 1 aromatic carbocycles. The Morgan fingerprint density at radius 1 is 1.16 bits per heavy atom. The van der Waals surface area contributed by atoms with E-state index in [0.717, 1.165) is 12.0 Å². The summed E-state index contributed by atoms with van der Waals surface area (Å²) in [7, 11) is 0. The summed E-state index contributed by atoms with van der Waals surface area (Å²) in [5.74, 6) is -1.79. The number of ether oxygens (including phenoxy) is 1. The second-order valence-corrected chi connectivity index (χ2v) is 6.87. The number of rotatable bonds is 2. The minimum Gasteiger partial charge on any atom is -0.445 e. The minimum atomic E-state index is -4.46. The second kappa shape index (κ2) is 7.23. The monoisotopic (exact) mass is 357 g/mol. The van der Waals surface area contributed by atoms with Gasteiger partial charge in [-0.2, -0.15) is 13.2 Å². The van der Waals surface area contributed by atoms with Crippen LogP contribution in [0.3, 0.4) is 0 Å². The van der Waals surface area contributed by atoms with Gasteiger partial charge in [0.1, 0.15) is 6.61 Å². The van der Waals surface area contributed by atoms with Crippen molar-refractivity contribution in [2.45, 2.75) is 63.1 Å². The Morgan fingerprint density at radius 2 is 1.80 bits per heavy atom. The van der Waals surface area contributed by atoms with Crippen LogP contribution in [0.4, 0.5) is 18.0 Å². The molecule has 0 saturated carbocycles. The van der Waals surface area contributed by atoms with E-state index in [-0.39, 0.29) is 19.4 Å². The van der Waals surface area contributed by atoms with Gasteiger partial charge in [-0.1, -0.05) is 30.3 Å². The Hall–Kier alpha value is -1.76. The van der Waals surface area contributed by atoms with Gasteiger partial charge in [-0.25, -0.2) is 4.79 Å². The maximum absolute atomic E-state index is 13.2. The van der Waals surface area contributed by atoms with Crippen molar-refractivity contribution < 1.29 is 27.8 Å². The van der Waals surface area contributed by atoms with Crippen LogP contribution in [0.5, 0.6) is 0 Å². The molecule has 1 amide bonds. The molecule has 1 N–H and O–H groups in total. The molecule has 2 bridgehead atoms. The van der Waals surface area contributed by atoms with Crippen LogP contribution in [-0.2, 0) is 11.3 Å². The molecule has 138 valence electrons. The zero-order valence-corrected chi connectivity index (χ0v) is 13.8. The lowest BCUT2D eigenvalue weighted by Crippen LogP contribution is -2.49. The van der Waals surface area contributed by atoms with Gasteiger partial charge >= 0.3 is 12.3 Å². The lowest BCUT2D eigenvalue weighted by molar-refractivity contribution is -0.202. The first kappa shape index (κ1) is 18.0. The van der Waals surface area contributed by atoms with Gasteiger partial charge < -0.3 is 14.7 Å². The highest BCUT2D eigenvalue weighted by Gasteiger charge is 2.51. The van der Waals surface area contributed by atoms with Gasteiger partial charge in [-0.05, 0) is 37.7 Å². The number of carbonyl (C=O) groups is 1. The lowest BCUT2D eigenvalue weighted by Gasteiger charge is -2.40. The Labute approximate surface area is 144 Å². The molecule has 2 aliphatic rings. The van der Waals surface area contributed by atoms with Gasteiger partial charge in [0.15, 0.2) is 0 Å². The quantitative estimate of drug-likeness (QED) is 0.874. The fourth-order valence-corrected chi connectivity index (χ4v) is 3.97. The number of nitrogens with zero attached hydrogens (tertiary/aromatic N) is 1. The van der Waals surface area contributed by atoms with Crippen molar-refractivity contribution in [1.29, 1.82) is 0 Å². The molecular formula is C18H22F3NO3. The lowest BCUT2D eigenvalue weighted by atomic mass is 9.92. The minimum absolute atomic E-state index is 0.0545. The summed E-state index contributed by atoms with van der Waals surface area (Å²) in [6.07, 6.45) is -4.98. The Bertz CT molecular complexity index is 593. The zero-order chi connectivity index (χ0) is 18.0. The third-order valence-electron chi connectivity index (χ3n) is 5.20. The predicted octanol–water partition coefficient (Wildman–Crippen LogP) is 3.88. The summed E-state index contributed by atoms with van der Waals surface area (Å²) >= 11 is 0. The van der Waals surface area contributed by atoms with Crippen molar-refractivity contribution in [2.75, 3.05) is 0 Å². The molecule has 4 unspecified atom stereocenters. The molecule has 0 aliphatic carbocycles. The number of benzene rings is 1. The highest BCUT2D eigenvalue weighted by atomic mass is 19.4. The highest BCUT2D eigenvalue weighted by Crippen LogP contribution is 2.42. The SMILES string of the molecule is O=C(OCc1ccccc1)N1C2CCCC1CC(C(F)(F)F)C(O)C2. The number of aliphatic hydroxyl groups excluding tert-OH is 1. The first-order valence-electron chi connectivity index (χ1n) is 8.60. The van der Waals surface area contributed by atoms with Crippen LogP contribution in [0.25, 0.3) is 0 Å². The molecule has 7 heteroatoms. The van der Waals surface area contributed by atoms with Crippen LogP contribution in [0.15, 0.2) is 30.3 Å². The van der Waals surface area contributed by atoms with Crippen molar-refractivity contribution in [1.82, 2.24) is 4.90 Å². The number of halogens is 3. The van der Waals surface area contributed by atoms with E-state index < -0.39 is 36.4 Å². The van der Waals surface area contributed by atoms with Crippen LogP contribution < -0.4 is 0 Å². The van der Waals surface area contributed by atoms with Crippen molar-refractivity contribution >= 4 is 6.09 Å². The van der Waals surface area contributed by atoms with Crippen molar-refractivity contribution in [3.05, 3.63) is 35.9 Å². The average molecular weight is 357 g/mol. The van der Waals surface area contributed by atoms with E-state index in [1.54, 1.807) is 0 Å². The average Bonchev–Trinajstić information content (AvgIpc) is 2.65. The molecule has 2 heterocycles. The van der Waals surface area contributed by atoms with Crippen LogP contribution in [0.1, 0.15) is 37.7 Å². The van der Waals surface area contributed by atoms with E-state index in [0.29, 0.717) is 12.8 Å². The van der Waals surface area contributed by atoms with Gasteiger partial charge in [-0.15, -0.1) is 0 Å². The summed E-state index contributed by atoms with van der Waals surface area (Å²) < 4.78 is 45.0. The Balaban J connectivity index is 1.72. The smallest absolute Gasteiger partial charge is 0.410 e. The predicted molar refractivity (Wildman–Crippen MR) is 84.7 cm³/mol. The topological polar surface area (TPSA) is 49.8 Å². The first-order valence-corrected chi connectivity index (χ1v) is 8.60. The van der Waals surface area contributed by atoms with E-state index in [1.807, 2.05) is 30.3 Å². The van der Waals surface area contributed by atoms with E-state index in [9.17, 15) is 23.1 Å². The molecule has 1 aromatic rings. The maximum Gasteiger partial charge on any atom is 0.410 e. The summed E-state index contributed by atoms with van der Waals surface area (Å²) in [6.45, 7) is 0.0842. The fourth-order valence-electron chi connectivity index (χ4n) is 3.97. The molecule has 0 aromatic heterocycles. The molecule has 3 rings (SSSR count). The number of hydrogen-bond acceptors (Lipinski definition) is 3. The van der Waals surface area contributed by atoms with Gasteiger partial charge in [0, 0.05) is 12.1 Å². The zero-order valence-electron chi connectivity index (χ0n) is 13.8. The summed E-state index contributed by atoms with van der Waals surface area (Å²) in [5.41, 5.74) is 0.823. The Kier molecular flexibility index (Phi) is 5.22. The molecule has 4 nitrogen and oxygen atoms in total. The number of alkyl halides is 3. The van der Waals surface area contributed by atoms with Crippen LogP contribution >= 0.6 is 0 Å². The molecule has 2 saturated heterocycles. The molecule has 0 radical (unpaired) electrons. The number of carbonyl (C=O) groups excluding carboxylic acids is 1. The normalized spacial score (nSPS) is 29.8. The molecular weight excluding hydrogens is 335 g/mol. The van der Waals surface area contributed by atoms with Crippen LogP contribution in [0, 0.1) is 5.92 Å².